The molecule has 14 heteroatoms. The van der Waals surface area contributed by atoms with Crippen molar-refractivity contribution < 1.29 is 26.3 Å². The summed E-state index contributed by atoms with van der Waals surface area (Å²) < 4.78 is 71.5. The molecular formula is C26H18BrClF3N5O3S. The number of halogens is 5. The highest BCUT2D eigenvalue weighted by molar-refractivity contribution is 9.10. The van der Waals surface area contributed by atoms with Gasteiger partial charge in [0, 0.05) is 35.0 Å². The van der Waals surface area contributed by atoms with Gasteiger partial charge in [-0.15, -0.1) is 13.2 Å². The van der Waals surface area contributed by atoms with Crippen molar-refractivity contribution in [3.63, 3.8) is 0 Å². The summed E-state index contributed by atoms with van der Waals surface area (Å²) in [6.07, 6.45) is -3.30. The van der Waals surface area contributed by atoms with Gasteiger partial charge in [-0.3, -0.25) is 4.72 Å². The summed E-state index contributed by atoms with van der Waals surface area (Å²) in [4.78, 5) is 4.30. The highest BCUT2D eigenvalue weighted by atomic mass is 79.9. The number of ether oxygens (including phenoxy) is 1. The molecule has 40 heavy (non-hydrogen) atoms. The Hall–Kier alpha value is -3.81. The number of hydrogen-bond acceptors (Lipinski definition) is 6. The van der Waals surface area contributed by atoms with Gasteiger partial charge >= 0.3 is 6.36 Å². The maximum absolute atomic E-state index is 12.7. The Kier molecular flexibility index (Phi) is 7.62. The van der Waals surface area contributed by atoms with Gasteiger partial charge in [0.15, 0.2) is 5.65 Å². The zero-order chi connectivity index (χ0) is 28.5. The van der Waals surface area contributed by atoms with Crippen LogP contribution in [0.2, 0.25) is 5.02 Å². The van der Waals surface area contributed by atoms with Gasteiger partial charge in [0.25, 0.3) is 10.0 Å². The molecule has 0 saturated carbocycles. The molecule has 0 saturated heterocycles. The zero-order valence-electron chi connectivity index (χ0n) is 20.2. The monoisotopic (exact) mass is 651 g/mol. The van der Waals surface area contributed by atoms with Crippen molar-refractivity contribution in [1.82, 2.24) is 14.6 Å². The van der Waals surface area contributed by atoms with Crippen LogP contribution >= 0.6 is 27.5 Å². The SMILES string of the molecule is O=S(=O)(Nc1ccc(CNc2cc(-c3ccccc3Cl)nc3c(Br)cnn23)cc1)c1cccc(OC(F)(F)F)c1. The fraction of sp³-hybridized carbons (Fsp3) is 0.0769. The summed E-state index contributed by atoms with van der Waals surface area (Å²) in [6, 6.07) is 19.8. The first-order valence-corrected chi connectivity index (χ1v) is 14.1. The summed E-state index contributed by atoms with van der Waals surface area (Å²) in [5.41, 5.74) is 3.05. The Morgan fingerprint density at radius 2 is 1.75 bits per heavy atom. The minimum absolute atomic E-state index is 0.231. The molecule has 0 amide bonds. The molecule has 0 aliphatic carbocycles. The Morgan fingerprint density at radius 1 is 1.00 bits per heavy atom. The van der Waals surface area contributed by atoms with E-state index in [4.69, 9.17) is 11.6 Å². The Labute approximate surface area is 239 Å². The standard InChI is InChI=1S/C26H18BrClF3N5O3S/c27-21-15-33-36-24(13-23(34-25(21)36)20-6-1-2-7-22(20)28)32-14-16-8-10-17(11-9-16)35-40(37,38)19-5-3-4-18(12-19)39-26(29,30)31/h1-13,15,32,35H,14H2. The van der Waals surface area contributed by atoms with Crippen molar-refractivity contribution in [3.05, 3.63) is 100 Å². The second-order valence-electron chi connectivity index (χ2n) is 8.41. The molecule has 5 aromatic rings. The smallest absolute Gasteiger partial charge is 0.406 e. The van der Waals surface area contributed by atoms with Gasteiger partial charge in [0.05, 0.1) is 21.3 Å². The summed E-state index contributed by atoms with van der Waals surface area (Å²) in [7, 11) is -4.16. The summed E-state index contributed by atoms with van der Waals surface area (Å²) >= 11 is 9.86. The first kappa shape index (κ1) is 27.7. The lowest BCUT2D eigenvalue weighted by atomic mass is 10.1. The number of anilines is 2. The van der Waals surface area contributed by atoms with Crippen LogP contribution in [-0.2, 0) is 16.6 Å². The van der Waals surface area contributed by atoms with E-state index in [9.17, 15) is 21.6 Å². The van der Waals surface area contributed by atoms with E-state index in [1.165, 1.54) is 6.07 Å². The summed E-state index contributed by atoms with van der Waals surface area (Å²) in [6.45, 7) is 0.364. The molecule has 5 rings (SSSR count). The van der Waals surface area contributed by atoms with E-state index in [0.29, 0.717) is 33.2 Å². The topological polar surface area (TPSA) is 97.6 Å². The van der Waals surface area contributed by atoms with Gasteiger partial charge in [-0.2, -0.15) is 9.61 Å². The maximum Gasteiger partial charge on any atom is 0.573 e. The molecule has 0 fully saturated rings. The molecule has 0 atom stereocenters. The van der Waals surface area contributed by atoms with Crippen LogP contribution in [0, 0.1) is 0 Å². The third-order valence-electron chi connectivity index (χ3n) is 5.61. The molecule has 0 aliphatic heterocycles. The first-order valence-electron chi connectivity index (χ1n) is 11.5. The van der Waals surface area contributed by atoms with Gasteiger partial charge in [0.2, 0.25) is 0 Å². The van der Waals surface area contributed by atoms with Crippen molar-refractivity contribution >= 4 is 54.7 Å². The predicted molar refractivity (Wildman–Crippen MR) is 149 cm³/mol. The van der Waals surface area contributed by atoms with E-state index in [0.717, 1.165) is 29.3 Å². The van der Waals surface area contributed by atoms with Crippen LogP contribution in [0.15, 0.2) is 94.4 Å². The number of nitrogens with one attached hydrogen (secondary N) is 2. The van der Waals surface area contributed by atoms with Crippen molar-refractivity contribution in [1.29, 1.82) is 0 Å². The normalized spacial score (nSPS) is 11.9. The molecule has 0 aliphatic rings. The molecule has 0 unspecified atom stereocenters. The lowest BCUT2D eigenvalue weighted by molar-refractivity contribution is -0.274. The Bertz CT molecular complexity index is 1800. The zero-order valence-corrected chi connectivity index (χ0v) is 23.3. The summed E-state index contributed by atoms with van der Waals surface area (Å²) in [5.74, 6) is 0.0141. The molecule has 206 valence electrons. The minimum Gasteiger partial charge on any atom is -0.406 e. The van der Waals surface area contributed by atoms with E-state index in [-0.39, 0.29) is 10.6 Å². The van der Waals surface area contributed by atoms with E-state index in [1.54, 1.807) is 41.0 Å². The molecule has 2 heterocycles. The fourth-order valence-corrected chi connectivity index (χ4v) is 5.48. The number of alkyl halides is 3. The third kappa shape index (κ3) is 6.32. The first-order chi connectivity index (χ1) is 19.0. The fourth-order valence-electron chi connectivity index (χ4n) is 3.80. The van der Waals surface area contributed by atoms with Crippen LogP contribution < -0.4 is 14.8 Å². The molecular weight excluding hydrogens is 635 g/mol. The lowest BCUT2D eigenvalue weighted by Crippen LogP contribution is -2.18. The number of sulfonamides is 1. The number of fused-ring (bicyclic) bond motifs is 1. The van der Waals surface area contributed by atoms with E-state index >= 15 is 0 Å². The molecule has 2 aromatic heterocycles. The number of benzene rings is 3. The molecule has 0 radical (unpaired) electrons. The number of rotatable bonds is 8. The molecule has 2 N–H and O–H groups in total. The van der Waals surface area contributed by atoms with Crippen LogP contribution in [-0.4, -0.2) is 29.4 Å². The van der Waals surface area contributed by atoms with Gasteiger partial charge in [-0.05, 0) is 51.8 Å². The molecule has 8 nitrogen and oxygen atoms in total. The van der Waals surface area contributed by atoms with E-state index in [2.05, 4.69) is 40.8 Å². The number of nitrogens with zero attached hydrogens (tertiary/aromatic N) is 3. The number of hydrogen-bond donors (Lipinski definition) is 2. The Balaban J connectivity index is 1.32. The highest BCUT2D eigenvalue weighted by Gasteiger charge is 2.31. The number of aromatic nitrogens is 3. The van der Waals surface area contributed by atoms with Crippen LogP contribution in [0.4, 0.5) is 24.7 Å². The maximum atomic E-state index is 12.7. The Morgan fingerprint density at radius 3 is 2.48 bits per heavy atom. The van der Waals surface area contributed by atoms with Crippen LogP contribution in [0.3, 0.4) is 0 Å². The van der Waals surface area contributed by atoms with Gasteiger partial charge < -0.3 is 10.1 Å². The van der Waals surface area contributed by atoms with E-state index in [1.807, 2.05) is 24.3 Å². The van der Waals surface area contributed by atoms with Gasteiger partial charge in [-0.1, -0.05) is 48.0 Å². The van der Waals surface area contributed by atoms with Crippen LogP contribution in [0.1, 0.15) is 5.56 Å². The largest absolute Gasteiger partial charge is 0.573 e. The van der Waals surface area contributed by atoms with Crippen molar-refractivity contribution in [2.75, 3.05) is 10.0 Å². The second kappa shape index (κ2) is 11.0. The van der Waals surface area contributed by atoms with Crippen LogP contribution in [0.25, 0.3) is 16.9 Å². The molecule has 0 spiro atoms. The van der Waals surface area contributed by atoms with Crippen molar-refractivity contribution in [2.45, 2.75) is 17.8 Å². The average molecular weight is 653 g/mol. The minimum atomic E-state index is -4.94. The second-order valence-corrected chi connectivity index (χ2v) is 11.4. The van der Waals surface area contributed by atoms with Crippen molar-refractivity contribution in [3.8, 4) is 17.0 Å². The quantitative estimate of drug-likeness (QED) is 0.185. The third-order valence-corrected chi connectivity index (χ3v) is 7.88. The highest BCUT2D eigenvalue weighted by Crippen LogP contribution is 2.31. The summed E-state index contributed by atoms with van der Waals surface area (Å²) in [5, 5.41) is 8.23. The average Bonchev–Trinajstić information content (AvgIpc) is 3.28. The van der Waals surface area contributed by atoms with E-state index < -0.39 is 22.1 Å². The van der Waals surface area contributed by atoms with Gasteiger partial charge in [0.1, 0.15) is 11.6 Å². The predicted octanol–water partition coefficient (Wildman–Crippen LogP) is 7.12. The lowest BCUT2D eigenvalue weighted by Gasteiger charge is -2.13. The molecule has 3 aromatic carbocycles. The molecule has 0 bridgehead atoms. The van der Waals surface area contributed by atoms with Crippen molar-refractivity contribution in [2.24, 2.45) is 0 Å². The van der Waals surface area contributed by atoms with Gasteiger partial charge in [-0.25, -0.2) is 13.4 Å². The van der Waals surface area contributed by atoms with Crippen LogP contribution in [0.5, 0.6) is 5.75 Å².